The Hall–Kier alpha value is -3.26. The fourth-order valence-electron chi connectivity index (χ4n) is 2.96. The maximum atomic E-state index is 12.3. The van der Waals surface area contributed by atoms with E-state index in [0.29, 0.717) is 0 Å². The van der Waals surface area contributed by atoms with E-state index in [-0.39, 0.29) is 65.0 Å². The van der Waals surface area contributed by atoms with Crippen molar-refractivity contribution >= 4 is 35.7 Å². The lowest BCUT2D eigenvalue weighted by atomic mass is 10.1. The highest BCUT2D eigenvalue weighted by atomic mass is 16.6. The average Bonchev–Trinajstić information content (AvgIpc) is 2.78. The van der Waals surface area contributed by atoms with Crippen molar-refractivity contribution in [1.29, 1.82) is 0 Å². The Morgan fingerprint density at radius 2 is 0.900 bits per heavy atom. The molecule has 0 aromatic heterocycles. The fraction of sp³-hybridized carbons (Fsp3) is 0.769. The topological polar surface area (TPSA) is 204 Å². The first-order valence-corrected chi connectivity index (χ1v) is 13.0. The van der Waals surface area contributed by atoms with Gasteiger partial charge in [0.1, 0.15) is 23.3 Å². The van der Waals surface area contributed by atoms with Gasteiger partial charge in [-0.15, -0.1) is 0 Å². The van der Waals surface area contributed by atoms with Crippen LogP contribution >= 0.6 is 0 Å². The minimum absolute atomic E-state index is 0.0107. The molecule has 0 aromatic carbocycles. The van der Waals surface area contributed by atoms with Gasteiger partial charge >= 0.3 is 23.9 Å². The van der Waals surface area contributed by atoms with Crippen LogP contribution in [0.4, 0.5) is 0 Å². The number of carboxylic acids is 2. The molecule has 0 heterocycles. The van der Waals surface area contributed by atoms with Crippen molar-refractivity contribution in [1.82, 2.24) is 10.6 Å². The number of carbonyl (C=O) groups is 6. The lowest BCUT2D eigenvalue weighted by Crippen LogP contribution is -2.44. The lowest BCUT2D eigenvalue weighted by molar-refractivity contribution is -0.160. The highest BCUT2D eigenvalue weighted by Gasteiger charge is 2.28. The molecular weight excluding hydrogens is 532 g/mol. The van der Waals surface area contributed by atoms with Crippen molar-refractivity contribution in [2.24, 2.45) is 0 Å². The Morgan fingerprint density at radius 3 is 1.18 bits per heavy atom. The number of esters is 2. The normalized spacial score (nSPS) is 13.1. The first-order valence-electron chi connectivity index (χ1n) is 13.0. The first kappa shape index (κ1) is 36.7. The Balaban J connectivity index is 4.35. The SMILES string of the molecule is CC(C)(C)OC(=O)[C@H](CCC(=O)O)NC(=O)CCOCCOCCC(=O)N[C@@H](CCC(=O)O)C(=O)OC(C)(C)C. The second-order valence-electron chi connectivity index (χ2n) is 10.9. The third-order valence-electron chi connectivity index (χ3n) is 4.67. The maximum Gasteiger partial charge on any atom is 0.329 e. The summed E-state index contributed by atoms with van der Waals surface area (Å²) in [7, 11) is 0. The molecule has 0 bridgehead atoms. The molecule has 0 rings (SSSR count). The van der Waals surface area contributed by atoms with E-state index >= 15 is 0 Å². The number of carboxylic acid groups (broad SMARTS) is 2. The van der Waals surface area contributed by atoms with E-state index in [1.807, 2.05) is 0 Å². The van der Waals surface area contributed by atoms with Gasteiger partial charge in [0.05, 0.1) is 26.4 Å². The molecule has 0 unspecified atom stereocenters. The first-order chi connectivity index (χ1) is 18.4. The molecule has 0 radical (unpaired) electrons. The van der Waals surface area contributed by atoms with Crippen LogP contribution in [0.3, 0.4) is 0 Å². The molecule has 0 aromatic rings. The van der Waals surface area contributed by atoms with Crippen molar-refractivity contribution in [2.45, 2.75) is 103 Å². The highest BCUT2D eigenvalue weighted by molar-refractivity contribution is 5.85. The van der Waals surface area contributed by atoms with Crippen LogP contribution in [0.15, 0.2) is 0 Å². The van der Waals surface area contributed by atoms with Crippen LogP contribution in [-0.4, -0.2) is 95.6 Å². The number of hydrogen-bond donors (Lipinski definition) is 4. The monoisotopic (exact) mass is 576 g/mol. The second-order valence-corrected chi connectivity index (χ2v) is 10.9. The van der Waals surface area contributed by atoms with Crippen LogP contribution in [0.2, 0.25) is 0 Å². The zero-order valence-corrected chi connectivity index (χ0v) is 24.2. The van der Waals surface area contributed by atoms with Crippen LogP contribution in [0.25, 0.3) is 0 Å². The van der Waals surface area contributed by atoms with E-state index in [1.54, 1.807) is 41.5 Å². The van der Waals surface area contributed by atoms with Crippen LogP contribution in [-0.2, 0) is 47.7 Å². The third-order valence-corrected chi connectivity index (χ3v) is 4.67. The molecule has 0 saturated carbocycles. The number of ether oxygens (including phenoxy) is 4. The molecule has 0 aliphatic rings. The smallest absolute Gasteiger partial charge is 0.329 e. The van der Waals surface area contributed by atoms with Gasteiger partial charge in [-0.1, -0.05) is 0 Å². The summed E-state index contributed by atoms with van der Waals surface area (Å²) in [6.45, 7) is 10.2. The Morgan fingerprint density at radius 1 is 0.575 bits per heavy atom. The maximum absolute atomic E-state index is 12.3. The standard InChI is InChI=1S/C26H44N2O12/c1-25(2,3)39-23(35)17(7-9-21(31)32)27-19(29)11-13-37-15-16-38-14-12-20(30)28-18(8-10-22(33)34)24(36)40-26(4,5)6/h17-18H,7-16H2,1-6H3,(H,27,29)(H,28,30)(H,31,32)(H,33,34)/t17-,18-/m0/s1. The highest BCUT2D eigenvalue weighted by Crippen LogP contribution is 2.12. The fourth-order valence-corrected chi connectivity index (χ4v) is 2.96. The summed E-state index contributed by atoms with van der Waals surface area (Å²) < 4.78 is 21.1. The summed E-state index contributed by atoms with van der Waals surface area (Å²) in [5.41, 5.74) is -1.60. The second kappa shape index (κ2) is 18.2. The van der Waals surface area contributed by atoms with Gasteiger partial charge in [0, 0.05) is 25.7 Å². The van der Waals surface area contributed by atoms with E-state index in [9.17, 15) is 28.8 Å². The van der Waals surface area contributed by atoms with Crippen molar-refractivity contribution < 1.29 is 57.9 Å². The average molecular weight is 577 g/mol. The number of aliphatic carboxylic acids is 2. The summed E-state index contributed by atoms with van der Waals surface area (Å²) in [6.07, 6.45) is -1.04. The van der Waals surface area contributed by atoms with Crippen molar-refractivity contribution in [3.8, 4) is 0 Å². The zero-order valence-electron chi connectivity index (χ0n) is 24.2. The van der Waals surface area contributed by atoms with Gasteiger partial charge in [0.2, 0.25) is 11.8 Å². The van der Waals surface area contributed by atoms with Gasteiger partial charge in [-0.05, 0) is 54.4 Å². The molecule has 14 nitrogen and oxygen atoms in total. The van der Waals surface area contributed by atoms with E-state index in [2.05, 4.69) is 10.6 Å². The van der Waals surface area contributed by atoms with E-state index in [4.69, 9.17) is 29.2 Å². The molecule has 2 amide bonds. The largest absolute Gasteiger partial charge is 0.481 e. The molecule has 40 heavy (non-hydrogen) atoms. The third kappa shape index (κ3) is 20.7. The molecule has 230 valence electrons. The molecular formula is C26H44N2O12. The van der Waals surface area contributed by atoms with Crippen LogP contribution in [0.1, 0.15) is 80.1 Å². The minimum Gasteiger partial charge on any atom is -0.481 e. The quantitative estimate of drug-likeness (QED) is 0.126. The van der Waals surface area contributed by atoms with Crippen molar-refractivity contribution in [3.63, 3.8) is 0 Å². The van der Waals surface area contributed by atoms with Crippen LogP contribution < -0.4 is 10.6 Å². The predicted molar refractivity (Wildman–Crippen MR) is 140 cm³/mol. The van der Waals surface area contributed by atoms with Gasteiger partial charge in [-0.25, -0.2) is 9.59 Å². The Bertz CT molecular complexity index is 791. The molecule has 0 fully saturated rings. The van der Waals surface area contributed by atoms with Gasteiger partial charge in [-0.3, -0.25) is 19.2 Å². The van der Waals surface area contributed by atoms with Crippen molar-refractivity contribution in [3.05, 3.63) is 0 Å². The number of amides is 2. The number of rotatable bonds is 19. The molecule has 0 aliphatic heterocycles. The Labute approximate surface area is 234 Å². The zero-order chi connectivity index (χ0) is 30.9. The number of nitrogens with one attached hydrogen (secondary N) is 2. The molecule has 0 saturated heterocycles. The predicted octanol–water partition coefficient (Wildman–Crippen LogP) is 1.18. The Kier molecular flexibility index (Phi) is 16.7. The summed E-state index contributed by atoms with van der Waals surface area (Å²) in [5, 5.41) is 22.7. The van der Waals surface area contributed by atoms with Crippen molar-refractivity contribution in [2.75, 3.05) is 26.4 Å². The minimum atomic E-state index is -1.11. The van der Waals surface area contributed by atoms with E-state index < -0.39 is 59.0 Å². The van der Waals surface area contributed by atoms with Gasteiger partial charge in [0.15, 0.2) is 0 Å². The summed E-state index contributed by atoms with van der Waals surface area (Å²) >= 11 is 0. The van der Waals surface area contributed by atoms with Gasteiger partial charge in [0.25, 0.3) is 0 Å². The van der Waals surface area contributed by atoms with E-state index in [0.717, 1.165) is 0 Å². The van der Waals surface area contributed by atoms with Crippen LogP contribution in [0.5, 0.6) is 0 Å². The molecule has 0 spiro atoms. The van der Waals surface area contributed by atoms with Crippen LogP contribution in [0, 0.1) is 0 Å². The molecule has 0 aliphatic carbocycles. The molecule has 4 N–H and O–H groups in total. The number of hydrogen-bond acceptors (Lipinski definition) is 10. The summed E-state index contributed by atoms with van der Waals surface area (Å²) in [5.74, 6) is -4.68. The number of carbonyl (C=O) groups excluding carboxylic acids is 4. The molecule has 2 atom stereocenters. The lowest BCUT2D eigenvalue weighted by Gasteiger charge is -2.24. The summed E-state index contributed by atoms with van der Waals surface area (Å²) in [4.78, 5) is 70.7. The van der Waals surface area contributed by atoms with Gasteiger partial charge in [-0.2, -0.15) is 0 Å². The van der Waals surface area contributed by atoms with Gasteiger partial charge < -0.3 is 39.8 Å². The molecule has 14 heteroatoms. The van der Waals surface area contributed by atoms with E-state index in [1.165, 1.54) is 0 Å². The summed E-state index contributed by atoms with van der Waals surface area (Å²) in [6, 6.07) is -2.20.